The SMILES string of the molecule is CCCCCCCCCC/C=C\CCCCCCCCCCCCCCCCCCCCCCCCCC(=O)NC(COP(=O)([O-])OCC[N+](C)(C)C)C(O)CCCCCCCCCCCCCCCC. The first-order valence-corrected chi connectivity index (χ1v) is 33.0. The Bertz CT molecular complexity index is 1160. The van der Waals surface area contributed by atoms with Crippen LogP contribution in [-0.4, -0.2) is 68.5 Å². The molecule has 0 radical (unpaired) electrons. The lowest BCUT2D eigenvalue weighted by molar-refractivity contribution is -0.870. The van der Waals surface area contributed by atoms with Crippen LogP contribution in [0.5, 0.6) is 0 Å². The second-order valence-electron chi connectivity index (χ2n) is 23.1. The zero-order chi connectivity index (χ0) is 52.0. The molecule has 0 heterocycles. The fourth-order valence-electron chi connectivity index (χ4n) is 9.80. The van der Waals surface area contributed by atoms with E-state index in [0.717, 1.165) is 38.5 Å². The number of phosphoric acid groups is 1. The number of hydrogen-bond acceptors (Lipinski definition) is 6. The molecule has 0 aromatic rings. The number of hydrogen-bond donors (Lipinski definition) is 2. The maximum atomic E-state index is 13.0. The van der Waals surface area contributed by atoms with Gasteiger partial charge in [0.1, 0.15) is 13.2 Å². The van der Waals surface area contributed by atoms with Gasteiger partial charge in [-0.05, 0) is 38.5 Å². The van der Waals surface area contributed by atoms with E-state index in [4.69, 9.17) is 9.05 Å². The molecule has 424 valence electrons. The average molecular weight is 1030 g/mol. The van der Waals surface area contributed by atoms with Crippen LogP contribution in [0.1, 0.15) is 328 Å². The summed E-state index contributed by atoms with van der Waals surface area (Å²) in [5.41, 5.74) is 0. The van der Waals surface area contributed by atoms with E-state index in [9.17, 15) is 19.4 Å². The third-order valence-corrected chi connectivity index (χ3v) is 15.7. The number of carbonyl (C=O) groups is 1. The van der Waals surface area contributed by atoms with Crippen LogP contribution in [0.3, 0.4) is 0 Å². The molecule has 0 saturated heterocycles. The van der Waals surface area contributed by atoms with Gasteiger partial charge < -0.3 is 28.8 Å². The molecule has 0 aliphatic carbocycles. The van der Waals surface area contributed by atoms with Crippen molar-refractivity contribution in [3.8, 4) is 0 Å². The van der Waals surface area contributed by atoms with Crippen molar-refractivity contribution in [2.45, 2.75) is 341 Å². The Labute approximate surface area is 443 Å². The summed E-state index contributed by atoms with van der Waals surface area (Å²) < 4.78 is 23.4. The minimum Gasteiger partial charge on any atom is -0.756 e. The molecule has 2 N–H and O–H groups in total. The Balaban J connectivity index is 3.90. The van der Waals surface area contributed by atoms with Crippen LogP contribution < -0.4 is 10.2 Å². The van der Waals surface area contributed by atoms with Crippen LogP contribution in [0.15, 0.2) is 12.2 Å². The van der Waals surface area contributed by atoms with Gasteiger partial charge >= 0.3 is 0 Å². The van der Waals surface area contributed by atoms with E-state index in [-0.39, 0.29) is 19.1 Å². The minimum absolute atomic E-state index is 0.0157. The Morgan fingerprint density at radius 1 is 0.479 bits per heavy atom. The van der Waals surface area contributed by atoms with Crippen molar-refractivity contribution in [1.82, 2.24) is 5.32 Å². The lowest BCUT2D eigenvalue weighted by Crippen LogP contribution is -2.46. The van der Waals surface area contributed by atoms with Crippen LogP contribution in [-0.2, 0) is 18.4 Å². The Morgan fingerprint density at radius 2 is 0.775 bits per heavy atom. The van der Waals surface area contributed by atoms with E-state index in [0.29, 0.717) is 23.9 Å². The third-order valence-electron chi connectivity index (χ3n) is 14.8. The summed E-state index contributed by atoms with van der Waals surface area (Å²) >= 11 is 0. The van der Waals surface area contributed by atoms with Crippen molar-refractivity contribution in [3.05, 3.63) is 12.2 Å². The Hall–Kier alpha value is -0.760. The van der Waals surface area contributed by atoms with E-state index < -0.39 is 20.0 Å². The van der Waals surface area contributed by atoms with Gasteiger partial charge in [0, 0.05) is 6.42 Å². The van der Waals surface area contributed by atoms with Crippen molar-refractivity contribution in [2.24, 2.45) is 0 Å². The second-order valence-corrected chi connectivity index (χ2v) is 24.5. The zero-order valence-electron chi connectivity index (χ0n) is 48.5. The van der Waals surface area contributed by atoms with Crippen molar-refractivity contribution < 1.29 is 32.9 Å². The van der Waals surface area contributed by atoms with E-state index in [2.05, 4.69) is 31.3 Å². The van der Waals surface area contributed by atoms with Crippen molar-refractivity contribution in [3.63, 3.8) is 0 Å². The average Bonchev–Trinajstić information content (AvgIpc) is 3.33. The molecule has 1 amide bonds. The number of amides is 1. The molecule has 0 rings (SSSR count). The van der Waals surface area contributed by atoms with Crippen LogP contribution in [0.2, 0.25) is 0 Å². The van der Waals surface area contributed by atoms with E-state index in [1.54, 1.807) is 0 Å². The van der Waals surface area contributed by atoms with Crippen LogP contribution in [0.25, 0.3) is 0 Å². The number of allylic oxidation sites excluding steroid dienone is 2. The molecular weight excluding hydrogens is 900 g/mol. The van der Waals surface area contributed by atoms with E-state index >= 15 is 0 Å². The molecule has 71 heavy (non-hydrogen) atoms. The molecular formula is C62H125N2O6P. The number of aliphatic hydroxyl groups excluding tert-OH is 1. The van der Waals surface area contributed by atoms with Crippen molar-refractivity contribution in [1.29, 1.82) is 0 Å². The normalized spacial score (nSPS) is 13.8. The van der Waals surface area contributed by atoms with Gasteiger partial charge in [-0.25, -0.2) is 0 Å². The summed E-state index contributed by atoms with van der Waals surface area (Å²) in [6.45, 7) is 4.76. The number of phosphoric ester groups is 1. The topological polar surface area (TPSA) is 108 Å². The van der Waals surface area contributed by atoms with E-state index in [1.807, 2.05) is 21.1 Å². The molecule has 0 aromatic carbocycles. The number of aliphatic hydroxyl groups is 1. The highest BCUT2D eigenvalue weighted by molar-refractivity contribution is 7.45. The molecule has 8 nitrogen and oxygen atoms in total. The maximum Gasteiger partial charge on any atom is 0.268 e. The van der Waals surface area contributed by atoms with Crippen LogP contribution in [0, 0.1) is 0 Å². The molecule has 0 spiro atoms. The fourth-order valence-corrected chi connectivity index (χ4v) is 10.5. The summed E-state index contributed by atoms with van der Waals surface area (Å²) in [6, 6.07) is -0.796. The standard InChI is InChI=1S/C62H125N2O6P/c1-6-8-10-12-14-16-18-20-22-23-24-25-26-27-28-29-30-31-32-33-34-35-36-37-38-39-40-41-42-44-46-48-50-52-54-56-62(66)63-60(59-70-71(67,68)69-58-57-64(3,4)5)61(65)55-53-51-49-47-45-43-21-19-17-15-13-11-9-7-2/h23-24,60-61,65H,6-22,25-59H2,1-5H3,(H-,63,66,67,68)/b24-23-. The zero-order valence-corrected chi connectivity index (χ0v) is 49.4. The number of carbonyl (C=O) groups excluding carboxylic acids is 1. The molecule has 3 unspecified atom stereocenters. The largest absolute Gasteiger partial charge is 0.756 e. The number of unbranched alkanes of at least 4 members (excludes halogenated alkanes) is 44. The second kappa shape index (κ2) is 54.0. The smallest absolute Gasteiger partial charge is 0.268 e. The predicted molar refractivity (Wildman–Crippen MR) is 307 cm³/mol. The molecule has 0 bridgehead atoms. The lowest BCUT2D eigenvalue weighted by atomic mass is 10.0. The van der Waals surface area contributed by atoms with Gasteiger partial charge in [-0.1, -0.05) is 296 Å². The number of quaternary nitrogens is 1. The number of nitrogens with zero attached hydrogens (tertiary/aromatic N) is 1. The summed E-state index contributed by atoms with van der Waals surface area (Å²) in [5.74, 6) is -0.157. The molecule has 0 aromatic heterocycles. The van der Waals surface area contributed by atoms with Gasteiger partial charge in [0.15, 0.2) is 0 Å². The van der Waals surface area contributed by atoms with Gasteiger partial charge in [0.2, 0.25) is 5.91 Å². The molecule has 9 heteroatoms. The first-order chi connectivity index (χ1) is 34.5. The third kappa shape index (κ3) is 56.8. The molecule has 3 atom stereocenters. The first-order valence-electron chi connectivity index (χ1n) is 31.5. The van der Waals surface area contributed by atoms with Gasteiger partial charge in [-0.15, -0.1) is 0 Å². The Kier molecular flexibility index (Phi) is 53.5. The van der Waals surface area contributed by atoms with Gasteiger partial charge in [0.25, 0.3) is 7.82 Å². The highest BCUT2D eigenvalue weighted by Gasteiger charge is 2.24. The number of nitrogens with one attached hydrogen (secondary N) is 1. The quantitative estimate of drug-likeness (QED) is 0.0272. The summed E-state index contributed by atoms with van der Waals surface area (Å²) in [7, 11) is 1.32. The molecule has 0 aliphatic heterocycles. The highest BCUT2D eigenvalue weighted by atomic mass is 31.2. The number of likely N-dealkylation sites (N-methyl/N-ethyl adjacent to an activating group) is 1. The maximum absolute atomic E-state index is 13.0. The predicted octanol–water partition coefficient (Wildman–Crippen LogP) is 18.8. The summed E-state index contributed by atoms with van der Waals surface area (Å²) in [6.07, 6.45) is 67.1. The summed E-state index contributed by atoms with van der Waals surface area (Å²) in [5, 5.41) is 14.0. The van der Waals surface area contributed by atoms with Crippen LogP contribution >= 0.6 is 7.82 Å². The fraction of sp³-hybridized carbons (Fsp3) is 0.952. The number of rotatable bonds is 59. The van der Waals surface area contributed by atoms with E-state index in [1.165, 1.54) is 263 Å². The van der Waals surface area contributed by atoms with Crippen LogP contribution in [0.4, 0.5) is 0 Å². The minimum atomic E-state index is -4.57. The van der Waals surface area contributed by atoms with Crippen molar-refractivity contribution >= 4 is 13.7 Å². The molecule has 0 saturated carbocycles. The van der Waals surface area contributed by atoms with Crippen molar-refractivity contribution in [2.75, 3.05) is 40.9 Å². The monoisotopic (exact) mass is 1020 g/mol. The Morgan fingerprint density at radius 3 is 1.10 bits per heavy atom. The van der Waals surface area contributed by atoms with Gasteiger partial charge in [-0.2, -0.15) is 0 Å². The first kappa shape index (κ1) is 70.2. The highest BCUT2D eigenvalue weighted by Crippen LogP contribution is 2.38. The van der Waals surface area contributed by atoms with Gasteiger partial charge in [-0.3, -0.25) is 9.36 Å². The lowest BCUT2D eigenvalue weighted by Gasteiger charge is -2.30. The van der Waals surface area contributed by atoms with Gasteiger partial charge in [0.05, 0.1) is 39.9 Å². The summed E-state index contributed by atoms with van der Waals surface area (Å²) in [4.78, 5) is 25.5. The molecule has 0 aliphatic rings. The molecule has 0 fully saturated rings.